The Hall–Kier alpha value is -1.12. The SMILES string of the molecule is CC1CCCCC1N1C(=O)C=CC1=O. The standard InChI is InChI=1S/C11H15NO2/c1-8-4-2-3-5-9(8)12-10(13)6-7-11(12)14/h6-9H,2-5H2,1H3. The topological polar surface area (TPSA) is 37.4 Å². The molecule has 2 amide bonds. The van der Waals surface area contributed by atoms with Crippen molar-refractivity contribution < 1.29 is 9.59 Å². The number of imide groups is 1. The van der Waals surface area contributed by atoms with Crippen LogP contribution in [-0.2, 0) is 9.59 Å². The van der Waals surface area contributed by atoms with Crippen molar-refractivity contribution >= 4 is 11.8 Å². The molecule has 0 bridgehead atoms. The normalized spacial score (nSPS) is 32.8. The third-order valence-corrected chi connectivity index (χ3v) is 3.24. The Balaban J connectivity index is 2.13. The average Bonchev–Trinajstić information content (AvgIpc) is 2.48. The molecule has 0 aromatic carbocycles. The fraction of sp³-hybridized carbons (Fsp3) is 0.636. The van der Waals surface area contributed by atoms with Gasteiger partial charge in [-0.1, -0.05) is 19.8 Å². The van der Waals surface area contributed by atoms with E-state index in [0.29, 0.717) is 5.92 Å². The zero-order valence-electron chi connectivity index (χ0n) is 8.40. The third-order valence-electron chi connectivity index (χ3n) is 3.24. The van der Waals surface area contributed by atoms with Crippen LogP contribution in [0.25, 0.3) is 0 Å². The first kappa shape index (κ1) is 9.44. The van der Waals surface area contributed by atoms with E-state index < -0.39 is 0 Å². The van der Waals surface area contributed by atoms with Crippen LogP contribution in [0.3, 0.4) is 0 Å². The van der Waals surface area contributed by atoms with Crippen LogP contribution in [-0.4, -0.2) is 22.8 Å². The van der Waals surface area contributed by atoms with Crippen molar-refractivity contribution in [3.05, 3.63) is 12.2 Å². The third kappa shape index (κ3) is 1.47. The van der Waals surface area contributed by atoms with Crippen LogP contribution in [0.4, 0.5) is 0 Å². The molecule has 0 saturated heterocycles. The van der Waals surface area contributed by atoms with Crippen LogP contribution in [0.2, 0.25) is 0 Å². The monoisotopic (exact) mass is 193 g/mol. The van der Waals surface area contributed by atoms with Crippen molar-refractivity contribution in [2.24, 2.45) is 5.92 Å². The second-order valence-electron chi connectivity index (χ2n) is 4.21. The smallest absolute Gasteiger partial charge is 0.253 e. The van der Waals surface area contributed by atoms with E-state index in [9.17, 15) is 9.59 Å². The molecule has 1 fully saturated rings. The molecule has 1 aliphatic carbocycles. The molecule has 2 unspecified atom stereocenters. The van der Waals surface area contributed by atoms with E-state index >= 15 is 0 Å². The summed E-state index contributed by atoms with van der Waals surface area (Å²) in [6.45, 7) is 2.13. The number of amides is 2. The molecule has 0 spiro atoms. The Morgan fingerprint density at radius 2 is 1.71 bits per heavy atom. The van der Waals surface area contributed by atoms with Gasteiger partial charge in [0.1, 0.15) is 0 Å². The van der Waals surface area contributed by atoms with Crippen LogP contribution in [0, 0.1) is 5.92 Å². The molecule has 2 aliphatic rings. The molecule has 2 rings (SSSR count). The zero-order chi connectivity index (χ0) is 10.1. The van der Waals surface area contributed by atoms with E-state index in [1.54, 1.807) is 0 Å². The number of carbonyl (C=O) groups excluding carboxylic acids is 2. The van der Waals surface area contributed by atoms with Gasteiger partial charge in [0.25, 0.3) is 11.8 Å². The summed E-state index contributed by atoms with van der Waals surface area (Å²) in [6.07, 6.45) is 7.21. The van der Waals surface area contributed by atoms with Crippen molar-refractivity contribution in [3.8, 4) is 0 Å². The lowest BCUT2D eigenvalue weighted by Gasteiger charge is -2.34. The van der Waals surface area contributed by atoms with E-state index in [1.807, 2.05) is 0 Å². The van der Waals surface area contributed by atoms with E-state index in [0.717, 1.165) is 19.3 Å². The summed E-state index contributed by atoms with van der Waals surface area (Å²) < 4.78 is 0. The molecular weight excluding hydrogens is 178 g/mol. The molecule has 1 heterocycles. The van der Waals surface area contributed by atoms with Crippen LogP contribution >= 0.6 is 0 Å². The van der Waals surface area contributed by atoms with Gasteiger partial charge in [0.15, 0.2) is 0 Å². The highest BCUT2D eigenvalue weighted by atomic mass is 16.2. The van der Waals surface area contributed by atoms with Crippen molar-refractivity contribution in [1.82, 2.24) is 4.90 Å². The molecule has 0 N–H and O–H groups in total. The quantitative estimate of drug-likeness (QED) is 0.592. The Morgan fingerprint density at radius 1 is 1.14 bits per heavy atom. The van der Waals surface area contributed by atoms with Crippen LogP contribution in [0.1, 0.15) is 32.6 Å². The zero-order valence-corrected chi connectivity index (χ0v) is 8.40. The van der Waals surface area contributed by atoms with Gasteiger partial charge in [0.2, 0.25) is 0 Å². The summed E-state index contributed by atoms with van der Waals surface area (Å²) in [5.41, 5.74) is 0. The average molecular weight is 193 g/mol. The highest BCUT2D eigenvalue weighted by Gasteiger charge is 2.35. The second kappa shape index (κ2) is 3.56. The molecule has 2 atom stereocenters. The number of carbonyl (C=O) groups is 2. The molecule has 3 nitrogen and oxygen atoms in total. The maximum absolute atomic E-state index is 11.4. The Labute approximate surface area is 83.8 Å². The maximum Gasteiger partial charge on any atom is 0.253 e. The molecule has 0 aromatic heterocycles. The first-order valence-electron chi connectivity index (χ1n) is 5.25. The van der Waals surface area contributed by atoms with E-state index in [-0.39, 0.29) is 17.9 Å². The fourth-order valence-corrected chi connectivity index (χ4v) is 2.42. The minimum absolute atomic E-state index is 0.131. The van der Waals surface area contributed by atoms with Gasteiger partial charge in [-0.15, -0.1) is 0 Å². The lowest BCUT2D eigenvalue weighted by Crippen LogP contribution is -2.45. The predicted octanol–water partition coefficient (Wildman–Crippen LogP) is 1.49. The number of nitrogens with zero attached hydrogens (tertiary/aromatic N) is 1. The largest absolute Gasteiger partial charge is 0.272 e. The summed E-state index contributed by atoms with van der Waals surface area (Å²) in [4.78, 5) is 24.3. The minimum Gasteiger partial charge on any atom is -0.272 e. The van der Waals surface area contributed by atoms with Gasteiger partial charge >= 0.3 is 0 Å². The van der Waals surface area contributed by atoms with E-state index in [2.05, 4.69) is 6.92 Å². The maximum atomic E-state index is 11.4. The summed E-state index contributed by atoms with van der Waals surface area (Å²) in [5, 5.41) is 0. The predicted molar refractivity (Wildman–Crippen MR) is 52.4 cm³/mol. The summed E-state index contributed by atoms with van der Waals surface area (Å²) in [5.74, 6) is 0.194. The van der Waals surface area contributed by atoms with Crippen molar-refractivity contribution in [2.75, 3.05) is 0 Å². The van der Waals surface area contributed by atoms with Gasteiger partial charge in [0, 0.05) is 18.2 Å². The first-order valence-corrected chi connectivity index (χ1v) is 5.25. The van der Waals surface area contributed by atoms with Gasteiger partial charge in [-0.3, -0.25) is 14.5 Å². The lowest BCUT2D eigenvalue weighted by atomic mass is 9.85. The molecule has 3 heteroatoms. The minimum atomic E-state index is -0.131. The summed E-state index contributed by atoms with van der Waals surface area (Å²) in [7, 11) is 0. The Kier molecular flexibility index (Phi) is 2.40. The van der Waals surface area contributed by atoms with Gasteiger partial charge in [-0.25, -0.2) is 0 Å². The van der Waals surface area contributed by atoms with Crippen LogP contribution < -0.4 is 0 Å². The van der Waals surface area contributed by atoms with Crippen molar-refractivity contribution in [3.63, 3.8) is 0 Å². The van der Waals surface area contributed by atoms with E-state index in [1.165, 1.54) is 23.5 Å². The van der Waals surface area contributed by atoms with Gasteiger partial charge in [-0.2, -0.15) is 0 Å². The number of hydrogen-bond acceptors (Lipinski definition) is 2. The highest BCUT2D eigenvalue weighted by molar-refractivity contribution is 6.13. The Morgan fingerprint density at radius 3 is 2.29 bits per heavy atom. The van der Waals surface area contributed by atoms with Crippen molar-refractivity contribution in [1.29, 1.82) is 0 Å². The van der Waals surface area contributed by atoms with Gasteiger partial charge in [-0.05, 0) is 18.8 Å². The fourth-order valence-electron chi connectivity index (χ4n) is 2.42. The van der Waals surface area contributed by atoms with Gasteiger partial charge < -0.3 is 0 Å². The molecule has 76 valence electrons. The summed E-state index contributed by atoms with van der Waals surface area (Å²) in [6, 6.07) is 0.138. The summed E-state index contributed by atoms with van der Waals surface area (Å²) >= 11 is 0. The van der Waals surface area contributed by atoms with Crippen LogP contribution in [0.5, 0.6) is 0 Å². The molecule has 14 heavy (non-hydrogen) atoms. The van der Waals surface area contributed by atoms with Crippen LogP contribution in [0.15, 0.2) is 12.2 Å². The molecule has 0 aromatic rings. The second-order valence-corrected chi connectivity index (χ2v) is 4.21. The molecular formula is C11H15NO2. The van der Waals surface area contributed by atoms with Crippen molar-refractivity contribution in [2.45, 2.75) is 38.6 Å². The molecule has 0 radical (unpaired) electrons. The van der Waals surface area contributed by atoms with Gasteiger partial charge in [0.05, 0.1) is 0 Å². The Bertz CT molecular complexity index is 278. The molecule has 1 saturated carbocycles. The highest BCUT2D eigenvalue weighted by Crippen LogP contribution is 2.29. The first-order chi connectivity index (χ1) is 6.70. The van der Waals surface area contributed by atoms with E-state index in [4.69, 9.17) is 0 Å². The number of rotatable bonds is 1. The lowest BCUT2D eigenvalue weighted by molar-refractivity contribution is -0.141. The molecule has 1 aliphatic heterocycles. The number of hydrogen-bond donors (Lipinski definition) is 0.